The number of halogens is 2. The van der Waals surface area contributed by atoms with Crippen molar-refractivity contribution in [2.45, 2.75) is 20.3 Å². The van der Waals surface area contributed by atoms with Crippen LogP contribution in [0.5, 0.6) is 5.75 Å². The van der Waals surface area contributed by atoms with Gasteiger partial charge in [-0.1, -0.05) is 41.4 Å². The van der Waals surface area contributed by atoms with Gasteiger partial charge in [0.25, 0.3) is 5.91 Å². The van der Waals surface area contributed by atoms with E-state index in [1.165, 1.54) is 0 Å². The van der Waals surface area contributed by atoms with E-state index in [2.05, 4.69) is 40.4 Å². The highest BCUT2D eigenvalue weighted by Crippen LogP contribution is 2.27. The number of hydrogen-bond acceptors (Lipinski definition) is 3. The third-order valence-electron chi connectivity index (χ3n) is 2.51. The molecule has 2 N–H and O–H groups in total. The van der Waals surface area contributed by atoms with Gasteiger partial charge in [-0.25, -0.2) is 4.79 Å². The van der Waals surface area contributed by atoms with Crippen LogP contribution in [0.2, 0.25) is 5.02 Å². The van der Waals surface area contributed by atoms with Crippen molar-refractivity contribution in [1.82, 2.24) is 10.6 Å². The van der Waals surface area contributed by atoms with E-state index in [-0.39, 0.29) is 6.61 Å². The number of urea groups is 1. The van der Waals surface area contributed by atoms with Crippen LogP contribution in [0.15, 0.2) is 22.7 Å². The summed E-state index contributed by atoms with van der Waals surface area (Å²) >= 11 is 9.22. The Kier molecular flexibility index (Phi) is 7.53. The Balaban J connectivity index is 2.32. The normalized spacial score (nSPS) is 10.3. The lowest BCUT2D eigenvalue weighted by Crippen LogP contribution is -2.42. The highest BCUT2D eigenvalue weighted by molar-refractivity contribution is 9.10. The van der Waals surface area contributed by atoms with Crippen LogP contribution in [0.4, 0.5) is 4.79 Å². The second-order valence-electron chi connectivity index (χ2n) is 4.85. The van der Waals surface area contributed by atoms with Crippen LogP contribution in [0.1, 0.15) is 20.3 Å². The molecule has 0 heterocycles. The van der Waals surface area contributed by atoms with Gasteiger partial charge in [0.1, 0.15) is 5.75 Å². The van der Waals surface area contributed by atoms with E-state index in [9.17, 15) is 9.59 Å². The maximum absolute atomic E-state index is 11.6. The minimum atomic E-state index is -0.531. The smallest absolute Gasteiger partial charge is 0.321 e. The van der Waals surface area contributed by atoms with E-state index in [1.54, 1.807) is 18.2 Å². The fourth-order valence-corrected chi connectivity index (χ4v) is 2.14. The molecule has 21 heavy (non-hydrogen) atoms. The fourth-order valence-electron chi connectivity index (χ4n) is 1.42. The Morgan fingerprint density at radius 3 is 2.71 bits per heavy atom. The van der Waals surface area contributed by atoms with Crippen molar-refractivity contribution in [2.24, 2.45) is 5.92 Å². The number of carbonyl (C=O) groups excluding carboxylic acids is 2. The average molecular weight is 378 g/mol. The van der Waals surface area contributed by atoms with Gasteiger partial charge in [-0.15, -0.1) is 0 Å². The Morgan fingerprint density at radius 1 is 1.38 bits per heavy atom. The van der Waals surface area contributed by atoms with Gasteiger partial charge in [0.15, 0.2) is 6.61 Å². The topological polar surface area (TPSA) is 67.4 Å². The highest BCUT2D eigenvalue weighted by Gasteiger charge is 2.09. The third kappa shape index (κ3) is 7.34. The molecule has 3 amide bonds. The zero-order chi connectivity index (χ0) is 15.8. The SMILES string of the molecule is CC(C)CCNC(=O)NC(=O)COc1ccc(Br)cc1Cl. The van der Waals surface area contributed by atoms with E-state index < -0.39 is 11.9 Å². The summed E-state index contributed by atoms with van der Waals surface area (Å²) in [6, 6.07) is 4.53. The molecule has 1 aromatic carbocycles. The first-order valence-corrected chi connectivity index (χ1v) is 7.71. The molecule has 0 fully saturated rings. The highest BCUT2D eigenvalue weighted by atomic mass is 79.9. The molecule has 0 aliphatic carbocycles. The minimum Gasteiger partial charge on any atom is -0.482 e. The van der Waals surface area contributed by atoms with Crippen LogP contribution < -0.4 is 15.4 Å². The summed E-state index contributed by atoms with van der Waals surface area (Å²) < 4.78 is 6.07. The number of rotatable bonds is 6. The summed E-state index contributed by atoms with van der Waals surface area (Å²) in [4.78, 5) is 23.0. The van der Waals surface area contributed by atoms with Gasteiger partial charge in [-0.05, 0) is 30.5 Å². The lowest BCUT2D eigenvalue weighted by Gasteiger charge is -2.10. The number of nitrogens with one attached hydrogen (secondary N) is 2. The van der Waals surface area contributed by atoms with E-state index in [1.807, 2.05) is 0 Å². The summed E-state index contributed by atoms with van der Waals surface area (Å²) in [7, 11) is 0. The molecule has 0 saturated heterocycles. The molecule has 0 saturated carbocycles. The molecule has 0 unspecified atom stereocenters. The largest absolute Gasteiger partial charge is 0.482 e. The first-order valence-electron chi connectivity index (χ1n) is 6.54. The van der Waals surface area contributed by atoms with Gasteiger partial charge in [0, 0.05) is 11.0 Å². The number of ether oxygens (including phenoxy) is 1. The van der Waals surface area contributed by atoms with Gasteiger partial charge in [0.05, 0.1) is 5.02 Å². The standard InChI is InChI=1S/C14H18BrClN2O3/c1-9(2)5-6-17-14(20)18-13(19)8-21-12-4-3-10(15)7-11(12)16/h3-4,7,9H,5-6,8H2,1-2H3,(H2,17,18,19,20). The number of imide groups is 1. The molecular weight excluding hydrogens is 360 g/mol. The molecule has 116 valence electrons. The molecule has 0 spiro atoms. The van der Waals surface area contributed by atoms with Crippen molar-refractivity contribution < 1.29 is 14.3 Å². The van der Waals surface area contributed by atoms with Crippen LogP contribution >= 0.6 is 27.5 Å². The van der Waals surface area contributed by atoms with Crippen LogP contribution in [-0.4, -0.2) is 25.1 Å². The van der Waals surface area contributed by atoms with E-state index >= 15 is 0 Å². The second-order valence-corrected chi connectivity index (χ2v) is 6.17. The molecule has 0 aliphatic rings. The van der Waals surface area contributed by atoms with Crippen LogP contribution in [0.25, 0.3) is 0 Å². The van der Waals surface area contributed by atoms with Gasteiger partial charge in [0.2, 0.25) is 0 Å². The Bertz CT molecular complexity index is 509. The first kappa shape index (κ1) is 17.8. The van der Waals surface area contributed by atoms with Crippen LogP contribution in [-0.2, 0) is 4.79 Å². The summed E-state index contributed by atoms with van der Waals surface area (Å²) in [5, 5.41) is 5.18. The summed E-state index contributed by atoms with van der Waals surface area (Å²) in [6.07, 6.45) is 0.854. The monoisotopic (exact) mass is 376 g/mol. The lowest BCUT2D eigenvalue weighted by molar-refractivity contribution is -0.122. The van der Waals surface area contributed by atoms with Crippen molar-refractivity contribution >= 4 is 39.5 Å². The molecule has 0 aromatic heterocycles. The van der Waals surface area contributed by atoms with Crippen molar-refractivity contribution in [1.29, 1.82) is 0 Å². The van der Waals surface area contributed by atoms with Crippen molar-refractivity contribution in [3.8, 4) is 5.75 Å². The zero-order valence-corrected chi connectivity index (χ0v) is 14.3. The lowest BCUT2D eigenvalue weighted by atomic mass is 10.1. The number of amides is 3. The minimum absolute atomic E-state index is 0.279. The molecular formula is C14H18BrClN2O3. The van der Waals surface area contributed by atoms with Crippen LogP contribution in [0.3, 0.4) is 0 Å². The third-order valence-corrected chi connectivity index (χ3v) is 3.30. The number of benzene rings is 1. The van der Waals surface area contributed by atoms with E-state index in [0.717, 1.165) is 10.9 Å². The fraction of sp³-hybridized carbons (Fsp3) is 0.429. The Labute approximate surface area is 137 Å². The van der Waals surface area contributed by atoms with E-state index in [4.69, 9.17) is 16.3 Å². The molecule has 0 aliphatic heterocycles. The summed E-state index contributed by atoms with van der Waals surface area (Å²) in [6.45, 7) is 4.36. The van der Waals surface area contributed by atoms with Crippen molar-refractivity contribution in [2.75, 3.05) is 13.2 Å². The van der Waals surface area contributed by atoms with Gasteiger partial charge in [-0.3, -0.25) is 10.1 Å². The predicted molar refractivity (Wildman–Crippen MR) is 85.6 cm³/mol. The molecule has 0 bridgehead atoms. The van der Waals surface area contributed by atoms with Crippen LogP contribution in [0, 0.1) is 5.92 Å². The number of hydrogen-bond donors (Lipinski definition) is 2. The van der Waals surface area contributed by atoms with E-state index in [0.29, 0.717) is 23.2 Å². The van der Waals surface area contributed by atoms with Crippen molar-refractivity contribution in [3.63, 3.8) is 0 Å². The van der Waals surface area contributed by atoms with Gasteiger partial charge >= 0.3 is 6.03 Å². The Morgan fingerprint density at radius 2 is 2.10 bits per heavy atom. The number of carbonyl (C=O) groups is 2. The summed E-state index contributed by atoms with van der Waals surface area (Å²) in [5.41, 5.74) is 0. The maximum atomic E-state index is 11.6. The molecule has 0 atom stereocenters. The zero-order valence-electron chi connectivity index (χ0n) is 11.9. The molecule has 1 rings (SSSR count). The first-order chi connectivity index (χ1) is 9.88. The van der Waals surface area contributed by atoms with Gasteiger partial charge < -0.3 is 10.1 Å². The molecule has 7 heteroatoms. The maximum Gasteiger partial charge on any atom is 0.321 e. The summed E-state index contributed by atoms with van der Waals surface area (Å²) in [5.74, 6) is 0.343. The molecule has 5 nitrogen and oxygen atoms in total. The van der Waals surface area contributed by atoms with Gasteiger partial charge in [-0.2, -0.15) is 0 Å². The molecule has 1 aromatic rings. The Hall–Kier alpha value is -1.27. The van der Waals surface area contributed by atoms with Crippen molar-refractivity contribution in [3.05, 3.63) is 27.7 Å². The predicted octanol–water partition coefficient (Wildman–Crippen LogP) is 3.35. The average Bonchev–Trinajstić information content (AvgIpc) is 2.37. The second kappa shape index (κ2) is 8.89. The quantitative estimate of drug-likeness (QED) is 0.799. The molecule has 0 radical (unpaired) electrons.